The van der Waals surface area contributed by atoms with Crippen LogP contribution in [0.25, 0.3) is 0 Å². The predicted molar refractivity (Wildman–Crippen MR) is 108 cm³/mol. The summed E-state index contributed by atoms with van der Waals surface area (Å²) in [5, 5.41) is 3.37. The van der Waals surface area contributed by atoms with E-state index in [0.717, 1.165) is 25.3 Å². The quantitative estimate of drug-likeness (QED) is 0.599. The maximum atomic E-state index is 12.4. The fraction of sp³-hybridized carbons (Fsp3) is 0.696. The van der Waals surface area contributed by atoms with Gasteiger partial charge in [0.2, 0.25) is 0 Å². The number of hydrogen-bond acceptors (Lipinski definition) is 3. The summed E-state index contributed by atoms with van der Waals surface area (Å²) in [6, 6.07) is 6.49. The molecule has 3 heteroatoms. The molecule has 0 bridgehead atoms. The van der Waals surface area contributed by atoms with Gasteiger partial charge in [0.1, 0.15) is 6.04 Å². The number of nitrogens with one attached hydrogen (secondary N) is 1. The lowest BCUT2D eigenvalue weighted by molar-refractivity contribution is -0.146. The molecule has 1 saturated carbocycles. The minimum atomic E-state index is -0.244. The van der Waals surface area contributed by atoms with E-state index in [0.29, 0.717) is 13.0 Å². The minimum absolute atomic E-state index is 0.116. The highest BCUT2D eigenvalue weighted by Crippen LogP contribution is 2.28. The average Bonchev–Trinajstić information content (AvgIpc) is 2.66. The van der Waals surface area contributed by atoms with Crippen molar-refractivity contribution >= 4 is 5.97 Å². The SMILES string of the molecule is CCCN[C@@H](Cc1ccc(C)c(CC2CCCCC2)c1)C(=O)OCCC. The smallest absolute Gasteiger partial charge is 0.323 e. The van der Waals surface area contributed by atoms with Crippen LogP contribution in [0.4, 0.5) is 0 Å². The molecule has 1 fully saturated rings. The van der Waals surface area contributed by atoms with E-state index in [-0.39, 0.29) is 12.0 Å². The van der Waals surface area contributed by atoms with Crippen molar-refractivity contribution in [1.82, 2.24) is 5.32 Å². The van der Waals surface area contributed by atoms with E-state index in [1.165, 1.54) is 55.2 Å². The zero-order valence-corrected chi connectivity index (χ0v) is 17.0. The van der Waals surface area contributed by atoms with E-state index in [1.54, 1.807) is 0 Å². The monoisotopic (exact) mass is 359 g/mol. The Morgan fingerprint density at radius 1 is 1.19 bits per heavy atom. The highest BCUT2D eigenvalue weighted by molar-refractivity contribution is 5.76. The first kappa shape index (κ1) is 21.0. The summed E-state index contributed by atoms with van der Waals surface area (Å²) in [5.74, 6) is 0.718. The normalized spacial score (nSPS) is 16.4. The van der Waals surface area contributed by atoms with E-state index in [1.807, 2.05) is 6.92 Å². The Kier molecular flexibility index (Phi) is 9.17. The topological polar surface area (TPSA) is 38.3 Å². The Bertz CT molecular complexity index is 549. The molecule has 0 spiro atoms. The molecule has 1 atom stereocenters. The van der Waals surface area contributed by atoms with E-state index < -0.39 is 0 Å². The van der Waals surface area contributed by atoms with Gasteiger partial charge in [-0.25, -0.2) is 0 Å². The van der Waals surface area contributed by atoms with Crippen LogP contribution in [-0.2, 0) is 22.4 Å². The van der Waals surface area contributed by atoms with Crippen molar-refractivity contribution < 1.29 is 9.53 Å². The average molecular weight is 360 g/mol. The Labute approximate surface area is 159 Å². The van der Waals surface area contributed by atoms with Gasteiger partial charge in [0.15, 0.2) is 0 Å². The van der Waals surface area contributed by atoms with Crippen LogP contribution in [0.5, 0.6) is 0 Å². The van der Waals surface area contributed by atoms with Gasteiger partial charge in [-0.15, -0.1) is 0 Å². The third kappa shape index (κ3) is 6.75. The van der Waals surface area contributed by atoms with Crippen LogP contribution in [0.15, 0.2) is 18.2 Å². The molecule has 0 amide bonds. The molecule has 1 aromatic carbocycles. The standard InChI is InChI=1S/C23H37NO2/c1-4-13-24-22(23(25)26-14-5-2)17-20-12-11-18(3)21(16-20)15-19-9-7-6-8-10-19/h11-12,16,19,22,24H,4-10,13-15,17H2,1-3H3/t22-/m0/s1. The van der Waals surface area contributed by atoms with Crippen molar-refractivity contribution in [3.05, 3.63) is 34.9 Å². The van der Waals surface area contributed by atoms with Crippen molar-refractivity contribution in [2.75, 3.05) is 13.2 Å². The molecular weight excluding hydrogens is 322 g/mol. The third-order valence-electron chi connectivity index (χ3n) is 5.46. The van der Waals surface area contributed by atoms with E-state index in [2.05, 4.69) is 37.4 Å². The maximum Gasteiger partial charge on any atom is 0.323 e. The van der Waals surface area contributed by atoms with Gasteiger partial charge >= 0.3 is 5.97 Å². The fourth-order valence-electron chi connectivity index (χ4n) is 3.87. The Balaban J connectivity index is 2.04. The Hall–Kier alpha value is -1.35. The van der Waals surface area contributed by atoms with Gasteiger partial charge in [0.25, 0.3) is 0 Å². The van der Waals surface area contributed by atoms with Gasteiger partial charge in [0, 0.05) is 0 Å². The van der Waals surface area contributed by atoms with Crippen molar-refractivity contribution in [2.24, 2.45) is 5.92 Å². The molecule has 0 heterocycles. The third-order valence-corrected chi connectivity index (χ3v) is 5.46. The summed E-state index contributed by atoms with van der Waals surface area (Å²) < 4.78 is 5.40. The van der Waals surface area contributed by atoms with Crippen LogP contribution in [0.2, 0.25) is 0 Å². The van der Waals surface area contributed by atoms with Crippen molar-refractivity contribution in [3.63, 3.8) is 0 Å². The number of aryl methyl sites for hydroxylation is 1. The zero-order chi connectivity index (χ0) is 18.8. The summed E-state index contributed by atoms with van der Waals surface area (Å²) in [6.07, 6.45) is 10.7. The van der Waals surface area contributed by atoms with Crippen LogP contribution in [0, 0.1) is 12.8 Å². The Morgan fingerprint density at radius 2 is 1.96 bits per heavy atom. The zero-order valence-electron chi connectivity index (χ0n) is 17.0. The first-order chi connectivity index (χ1) is 12.6. The first-order valence-corrected chi connectivity index (χ1v) is 10.6. The maximum absolute atomic E-state index is 12.4. The summed E-state index contributed by atoms with van der Waals surface area (Å²) >= 11 is 0. The molecule has 3 nitrogen and oxygen atoms in total. The number of carbonyl (C=O) groups excluding carboxylic acids is 1. The summed E-state index contributed by atoms with van der Waals surface area (Å²) in [6.45, 7) is 7.70. The van der Waals surface area contributed by atoms with Crippen molar-refractivity contribution in [1.29, 1.82) is 0 Å². The number of hydrogen-bond donors (Lipinski definition) is 1. The molecule has 2 rings (SSSR count). The van der Waals surface area contributed by atoms with Crippen LogP contribution in [0.3, 0.4) is 0 Å². The lowest BCUT2D eigenvalue weighted by Crippen LogP contribution is -2.40. The second-order valence-corrected chi connectivity index (χ2v) is 7.85. The number of benzene rings is 1. The van der Waals surface area contributed by atoms with E-state index in [4.69, 9.17) is 4.74 Å². The highest BCUT2D eigenvalue weighted by Gasteiger charge is 2.20. The van der Waals surface area contributed by atoms with Crippen molar-refractivity contribution in [3.8, 4) is 0 Å². The first-order valence-electron chi connectivity index (χ1n) is 10.6. The van der Waals surface area contributed by atoms with Gasteiger partial charge in [-0.2, -0.15) is 0 Å². The summed E-state index contributed by atoms with van der Waals surface area (Å²) in [4.78, 5) is 12.4. The molecule has 0 saturated heterocycles. The second kappa shape index (κ2) is 11.4. The second-order valence-electron chi connectivity index (χ2n) is 7.85. The highest BCUT2D eigenvalue weighted by atomic mass is 16.5. The molecule has 0 radical (unpaired) electrons. The van der Waals surface area contributed by atoms with Gasteiger partial charge < -0.3 is 10.1 Å². The molecule has 1 N–H and O–H groups in total. The molecule has 0 unspecified atom stereocenters. The van der Waals surface area contributed by atoms with Gasteiger partial charge in [-0.1, -0.05) is 64.2 Å². The van der Waals surface area contributed by atoms with E-state index in [9.17, 15) is 4.79 Å². The molecule has 1 aromatic rings. The molecule has 146 valence electrons. The number of esters is 1. The van der Waals surface area contributed by atoms with Crippen LogP contribution in [-0.4, -0.2) is 25.2 Å². The summed E-state index contributed by atoms with van der Waals surface area (Å²) in [7, 11) is 0. The molecule has 1 aliphatic carbocycles. The minimum Gasteiger partial charge on any atom is -0.465 e. The Morgan fingerprint density at radius 3 is 2.65 bits per heavy atom. The van der Waals surface area contributed by atoms with Crippen LogP contribution >= 0.6 is 0 Å². The van der Waals surface area contributed by atoms with Gasteiger partial charge in [-0.3, -0.25) is 4.79 Å². The fourth-order valence-corrected chi connectivity index (χ4v) is 3.87. The lowest BCUT2D eigenvalue weighted by Gasteiger charge is -2.23. The summed E-state index contributed by atoms with van der Waals surface area (Å²) in [5.41, 5.74) is 4.08. The molecule has 26 heavy (non-hydrogen) atoms. The lowest BCUT2D eigenvalue weighted by atomic mass is 9.83. The number of rotatable bonds is 10. The molecular formula is C23H37NO2. The van der Waals surface area contributed by atoms with Crippen LogP contribution in [0.1, 0.15) is 75.5 Å². The van der Waals surface area contributed by atoms with Crippen LogP contribution < -0.4 is 5.32 Å². The number of carbonyl (C=O) groups is 1. The predicted octanol–water partition coefficient (Wildman–Crippen LogP) is 4.98. The van der Waals surface area contributed by atoms with Gasteiger partial charge in [0.05, 0.1) is 6.61 Å². The van der Waals surface area contributed by atoms with Crippen molar-refractivity contribution in [2.45, 2.75) is 84.6 Å². The molecule has 1 aliphatic rings. The molecule has 0 aromatic heterocycles. The number of ether oxygens (including phenoxy) is 1. The largest absolute Gasteiger partial charge is 0.465 e. The molecule has 0 aliphatic heterocycles. The van der Waals surface area contributed by atoms with Gasteiger partial charge in [-0.05, 0) is 61.8 Å². The van der Waals surface area contributed by atoms with E-state index >= 15 is 0 Å².